The standard InChI is InChI=1S/C30H44N2O3S/c1-28(2)24-13-15-30(28,26(20-24)31-27(33)23-9-4-3-5-10-23)21-36(34,35)32-18-16-29(17-19-32)14-12-22-8-6-7-11-25(22)29/h6-8,11,23-24,26H,3-5,9-10,12-21H2,1-2H3,(H,31,33)/t24-,26+,30-/m1/s1. The highest BCUT2D eigenvalue weighted by Crippen LogP contribution is 2.66. The van der Waals surface area contributed by atoms with Gasteiger partial charge >= 0.3 is 0 Å². The number of carbonyl (C=O) groups is 1. The van der Waals surface area contributed by atoms with Crippen LogP contribution in [-0.2, 0) is 26.7 Å². The minimum atomic E-state index is -3.42. The maximum Gasteiger partial charge on any atom is 0.223 e. The van der Waals surface area contributed by atoms with Crippen molar-refractivity contribution in [3.63, 3.8) is 0 Å². The molecule has 6 heteroatoms. The molecule has 0 radical (unpaired) electrons. The molecule has 198 valence electrons. The van der Waals surface area contributed by atoms with E-state index in [1.54, 1.807) is 4.31 Å². The van der Waals surface area contributed by atoms with Gasteiger partial charge in [0.2, 0.25) is 15.9 Å². The molecule has 1 aromatic rings. The molecular weight excluding hydrogens is 468 g/mol. The predicted octanol–water partition coefficient (Wildman–Crippen LogP) is 5.19. The Kier molecular flexibility index (Phi) is 6.11. The Bertz CT molecular complexity index is 1110. The molecule has 1 amide bonds. The average Bonchev–Trinajstić information content (AvgIpc) is 3.41. The van der Waals surface area contributed by atoms with Gasteiger partial charge in [0.05, 0.1) is 5.75 Å². The van der Waals surface area contributed by atoms with E-state index in [1.807, 2.05) is 0 Å². The quantitative estimate of drug-likeness (QED) is 0.591. The number of fused-ring (bicyclic) bond motifs is 4. The van der Waals surface area contributed by atoms with Crippen LogP contribution >= 0.6 is 0 Å². The van der Waals surface area contributed by atoms with E-state index < -0.39 is 10.0 Å². The molecule has 1 aliphatic heterocycles. The van der Waals surface area contributed by atoms with Crippen molar-refractivity contribution in [3.8, 4) is 0 Å². The van der Waals surface area contributed by atoms with Crippen LogP contribution in [0, 0.1) is 22.7 Å². The van der Waals surface area contributed by atoms with E-state index in [-0.39, 0.29) is 39.9 Å². The zero-order valence-electron chi connectivity index (χ0n) is 22.2. The van der Waals surface area contributed by atoms with Crippen LogP contribution in [0.1, 0.15) is 95.6 Å². The summed E-state index contributed by atoms with van der Waals surface area (Å²) in [7, 11) is -3.42. The molecule has 1 N–H and O–H groups in total. The van der Waals surface area contributed by atoms with E-state index in [9.17, 15) is 13.2 Å². The lowest BCUT2D eigenvalue weighted by Gasteiger charge is -2.45. The molecule has 4 aliphatic carbocycles. The van der Waals surface area contributed by atoms with Gasteiger partial charge in [0.1, 0.15) is 0 Å². The fourth-order valence-electron chi connectivity index (χ4n) is 9.17. The smallest absolute Gasteiger partial charge is 0.223 e. The van der Waals surface area contributed by atoms with Gasteiger partial charge in [-0.3, -0.25) is 4.79 Å². The van der Waals surface area contributed by atoms with Crippen molar-refractivity contribution >= 4 is 15.9 Å². The van der Waals surface area contributed by atoms with Gasteiger partial charge in [-0.1, -0.05) is 57.4 Å². The third kappa shape index (κ3) is 3.80. The average molecular weight is 513 g/mol. The number of nitrogens with one attached hydrogen (secondary N) is 1. The van der Waals surface area contributed by atoms with Crippen LogP contribution in [0.3, 0.4) is 0 Å². The fourth-order valence-corrected chi connectivity index (χ4v) is 11.5. The van der Waals surface area contributed by atoms with Crippen molar-refractivity contribution in [3.05, 3.63) is 35.4 Å². The molecule has 5 nitrogen and oxygen atoms in total. The molecule has 3 atom stereocenters. The summed E-state index contributed by atoms with van der Waals surface area (Å²) in [6.45, 7) is 5.78. The normalized spacial score (nSPS) is 33.6. The molecule has 4 fully saturated rings. The zero-order chi connectivity index (χ0) is 25.2. The number of carbonyl (C=O) groups excluding carboxylic acids is 1. The summed E-state index contributed by atoms with van der Waals surface area (Å²) in [6, 6.07) is 8.75. The van der Waals surface area contributed by atoms with Crippen molar-refractivity contribution in [1.29, 1.82) is 0 Å². The van der Waals surface area contributed by atoms with Gasteiger partial charge in [-0.15, -0.1) is 0 Å². The maximum absolute atomic E-state index is 14.0. The van der Waals surface area contributed by atoms with Gasteiger partial charge < -0.3 is 5.32 Å². The highest BCUT2D eigenvalue weighted by atomic mass is 32.2. The lowest BCUT2D eigenvalue weighted by molar-refractivity contribution is -0.127. The molecule has 6 rings (SSSR count). The molecule has 1 spiro atoms. The van der Waals surface area contributed by atoms with Gasteiger partial charge in [-0.25, -0.2) is 12.7 Å². The molecule has 2 bridgehead atoms. The molecule has 5 aliphatic rings. The summed E-state index contributed by atoms with van der Waals surface area (Å²) < 4.78 is 29.8. The van der Waals surface area contributed by atoms with Gasteiger partial charge in [0.25, 0.3) is 0 Å². The molecule has 0 unspecified atom stereocenters. The Labute approximate surface area is 217 Å². The topological polar surface area (TPSA) is 66.5 Å². The summed E-state index contributed by atoms with van der Waals surface area (Å²) in [5.74, 6) is 0.966. The van der Waals surface area contributed by atoms with E-state index in [1.165, 1.54) is 17.5 Å². The van der Waals surface area contributed by atoms with Crippen molar-refractivity contribution in [2.45, 2.75) is 102 Å². The zero-order valence-corrected chi connectivity index (χ0v) is 23.0. The van der Waals surface area contributed by atoms with Crippen LogP contribution < -0.4 is 5.32 Å². The summed E-state index contributed by atoms with van der Waals surface area (Å²) in [6.07, 6.45) is 12.5. The molecule has 1 saturated heterocycles. The lowest BCUT2D eigenvalue weighted by atomic mass is 9.69. The van der Waals surface area contributed by atoms with Crippen LogP contribution in [0.4, 0.5) is 0 Å². The van der Waals surface area contributed by atoms with Crippen molar-refractivity contribution < 1.29 is 13.2 Å². The van der Waals surface area contributed by atoms with E-state index >= 15 is 0 Å². The lowest BCUT2D eigenvalue weighted by Crippen LogP contribution is -2.55. The highest BCUT2D eigenvalue weighted by Gasteiger charge is 2.66. The van der Waals surface area contributed by atoms with Crippen LogP contribution in [0.5, 0.6) is 0 Å². The first-order valence-electron chi connectivity index (χ1n) is 14.5. The first kappa shape index (κ1) is 24.9. The molecule has 0 aromatic heterocycles. The SMILES string of the molecule is CC1(C)[C@@H]2CC[C@@]1(CS(=O)(=O)N1CCC3(CCc4ccccc43)CC1)[C@@H](NC(=O)C1CCCCC1)C2. The van der Waals surface area contributed by atoms with Crippen LogP contribution in [0.15, 0.2) is 24.3 Å². The van der Waals surface area contributed by atoms with E-state index in [0.717, 1.165) is 70.6 Å². The largest absolute Gasteiger partial charge is 0.353 e. The fraction of sp³-hybridized carbons (Fsp3) is 0.767. The third-order valence-corrected chi connectivity index (χ3v) is 13.7. The van der Waals surface area contributed by atoms with E-state index in [0.29, 0.717) is 19.0 Å². The number of aryl methyl sites for hydroxylation is 1. The minimum absolute atomic E-state index is 0.0201. The maximum atomic E-state index is 14.0. The van der Waals surface area contributed by atoms with Crippen LogP contribution in [0.2, 0.25) is 0 Å². The molecule has 36 heavy (non-hydrogen) atoms. The number of sulfonamides is 1. The Balaban J connectivity index is 1.19. The number of hydrogen-bond acceptors (Lipinski definition) is 3. The summed E-state index contributed by atoms with van der Waals surface area (Å²) in [5, 5.41) is 3.43. The number of piperidine rings is 1. The molecule has 3 saturated carbocycles. The molecular formula is C30H44N2O3S. The number of rotatable bonds is 5. The van der Waals surface area contributed by atoms with Crippen molar-refractivity contribution in [2.75, 3.05) is 18.8 Å². The third-order valence-electron chi connectivity index (χ3n) is 11.7. The Hall–Kier alpha value is -1.40. The Morgan fingerprint density at radius 2 is 1.72 bits per heavy atom. The number of amides is 1. The van der Waals surface area contributed by atoms with E-state index in [4.69, 9.17) is 0 Å². The minimum Gasteiger partial charge on any atom is -0.353 e. The van der Waals surface area contributed by atoms with Gasteiger partial charge in [-0.2, -0.15) is 0 Å². The molecule has 1 heterocycles. The first-order chi connectivity index (χ1) is 17.2. The Morgan fingerprint density at radius 3 is 2.44 bits per heavy atom. The van der Waals surface area contributed by atoms with Crippen LogP contribution in [-0.4, -0.2) is 43.5 Å². The van der Waals surface area contributed by atoms with Crippen molar-refractivity contribution in [1.82, 2.24) is 9.62 Å². The number of hydrogen-bond donors (Lipinski definition) is 1. The molecule has 1 aromatic carbocycles. The van der Waals surface area contributed by atoms with E-state index in [2.05, 4.69) is 43.4 Å². The summed E-state index contributed by atoms with van der Waals surface area (Å²) in [5.41, 5.74) is 2.63. The number of benzene rings is 1. The first-order valence-corrected chi connectivity index (χ1v) is 16.1. The highest BCUT2D eigenvalue weighted by molar-refractivity contribution is 7.89. The van der Waals surface area contributed by atoms with Crippen LogP contribution in [0.25, 0.3) is 0 Å². The van der Waals surface area contributed by atoms with Crippen molar-refractivity contribution in [2.24, 2.45) is 22.7 Å². The predicted molar refractivity (Wildman–Crippen MR) is 143 cm³/mol. The second kappa shape index (κ2) is 8.83. The second-order valence-corrected chi connectivity index (χ2v) is 15.3. The van der Waals surface area contributed by atoms with Gasteiger partial charge in [0, 0.05) is 30.5 Å². The monoisotopic (exact) mass is 512 g/mol. The Morgan fingerprint density at radius 1 is 1.00 bits per heavy atom. The number of nitrogens with zero attached hydrogens (tertiary/aromatic N) is 1. The summed E-state index contributed by atoms with van der Waals surface area (Å²) in [4.78, 5) is 13.2. The summed E-state index contributed by atoms with van der Waals surface area (Å²) >= 11 is 0. The van der Waals surface area contributed by atoms with Gasteiger partial charge in [0.15, 0.2) is 0 Å². The van der Waals surface area contributed by atoms with Gasteiger partial charge in [-0.05, 0) is 85.7 Å². The second-order valence-electron chi connectivity index (χ2n) is 13.3.